The van der Waals surface area contributed by atoms with Crippen LogP contribution in [0.1, 0.15) is 33.4 Å². The summed E-state index contributed by atoms with van der Waals surface area (Å²) in [5, 5.41) is 2.89. The van der Waals surface area contributed by atoms with Gasteiger partial charge in [-0.1, -0.05) is 0 Å². The van der Waals surface area contributed by atoms with E-state index in [0.717, 1.165) is 0 Å². The number of rotatable bonds is 4. The average Bonchev–Trinajstić information content (AvgIpc) is 2.69. The van der Waals surface area contributed by atoms with Crippen LogP contribution in [0.15, 0.2) is 60.7 Å². The van der Waals surface area contributed by atoms with Gasteiger partial charge in [0, 0.05) is 0 Å². The first-order valence-electron chi connectivity index (χ1n) is 12.2. The van der Waals surface area contributed by atoms with E-state index >= 15 is 0 Å². The number of hydrogen-bond acceptors (Lipinski definition) is 0. The quantitative estimate of drug-likeness (QED) is 0.290. The van der Waals surface area contributed by atoms with Gasteiger partial charge in [0.25, 0.3) is 0 Å². The van der Waals surface area contributed by atoms with Crippen LogP contribution in [0.2, 0.25) is 14.8 Å². The van der Waals surface area contributed by atoms with Crippen LogP contribution in [0.5, 0.6) is 0 Å². The zero-order chi connectivity index (χ0) is 24.1. The van der Waals surface area contributed by atoms with E-state index in [9.17, 15) is 0 Å². The molecule has 0 saturated carbocycles. The Balaban J connectivity index is 2.19. The summed E-state index contributed by atoms with van der Waals surface area (Å²) in [5.74, 6) is 0. The Morgan fingerprint density at radius 1 is 0.576 bits per heavy atom. The molecule has 0 bridgehead atoms. The number of aryl methyl sites for hydroxylation is 6. The van der Waals surface area contributed by atoms with Crippen LogP contribution in [0.4, 0.5) is 0 Å². The monoisotopic (exact) mass is 540 g/mol. The maximum absolute atomic E-state index is 2.54. The van der Waals surface area contributed by atoms with E-state index in [2.05, 4.69) is 117 Å². The Bertz CT molecular complexity index is 1250. The van der Waals surface area contributed by atoms with Crippen LogP contribution >= 0.6 is 0 Å². The molecule has 33 heavy (non-hydrogen) atoms. The third kappa shape index (κ3) is 4.54. The Hall–Kier alpha value is -2.00. The molecule has 0 saturated heterocycles. The van der Waals surface area contributed by atoms with Gasteiger partial charge in [-0.05, 0) is 0 Å². The molecule has 0 atom stereocenters. The van der Waals surface area contributed by atoms with Gasteiger partial charge in [-0.3, -0.25) is 0 Å². The van der Waals surface area contributed by atoms with Crippen molar-refractivity contribution in [3.63, 3.8) is 0 Å². The van der Waals surface area contributed by atoms with Gasteiger partial charge in [0.1, 0.15) is 0 Å². The summed E-state index contributed by atoms with van der Waals surface area (Å²) in [6.45, 7) is 13.9. The van der Waals surface area contributed by atoms with Crippen molar-refractivity contribution in [3.8, 4) is 0 Å². The number of benzene rings is 4. The molecule has 0 heterocycles. The Labute approximate surface area is 205 Å². The van der Waals surface area contributed by atoms with E-state index in [-0.39, 0.29) is 6.71 Å². The van der Waals surface area contributed by atoms with Crippen molar-refractivity contribution in [2.45, 2.75) is 56.4 Å². The fraction of sp³-hybridized carbons (Fsp3) is 0.290. The predicted molar refractivity (Wildman–Crippen MR) is 153 cm³/mol. The average molecular weight is 539 g/mol. The van der Waals surface area contributed by atoms with Gasteiger partial charge in [0.15, 0.2) is 0 Å². The minimum absolute atomic E-state index is 0.227. The fourth-order valence-electron chi connectivity index (χ4n) is 5.98. The minimum atomic E-state index is -2.38. The second-order valence-electron chi connectivity index (χ2n) is 11.1. The van der Waals surface area contributed by atoms with Gasteiger partial charge in [0.05, 0.1) is 0 Å². The van der Waals surface area contributed by atoms with Gasteiger partial charge in [-0.15, -0.1) is 0 Å². The molecular weight excluding hydrogens is 502 g/mol. The third-order valence-electron chi connectivity index (χ3n) is 7.11. The maximum atomic E-state index is 2.54. The summed E-state index contributed by atoms with van der Waals surface area (Å²) < 4.78 is 1.63. The summed E-state index contributed by atoms with van der Waals surface area (Å²) in [6.07, 6.45) is 0. The first-order chi connectivity index (χ1) is 15.5. The van der Waals surface area contributed by atoms with Crippen LogP contribution < -0.4 is 20.0 Å². The molecule has 2 heteroatoms. The molecule has 4 rings (SSSR count). The summed E-state index contributed by atoms with van der Waals surface area (Å²) in [4.78, 5) is 7.62. The topological polar surface area (TPSA) is 0 Å². The van der Waals surface area contributed by atoms with Gasteiger partial charge >= 0.3 is 206 Å². The standard InChI is InChI=1S/C28H28B.3CH3.Sn/c1-18-14-20(3)27(21(4)15-18)29(28-22(5)16-19(2)17-23(28)6)26-13-9-11-24-10-7-8-12-25(24)26;;;;/h7-11,13-17H,1-6H3;3*1H3;. The summed E-state index contributed by atoms with van der Waals surface area (Å²) in [5.41, 5.74) is 12.7. The van der Waals surface area contributed by atoms with E-state index < -0.39 is 18.4 Å². The Morgan fingerprint density at radius 2 is 1.00 bits per heavy atom. The van der Waals surface area contributed by atoms with Gasteiger partial charge in [-0.2, -0.15) is 0 Å². The zero-order valence-electron chi connectivity index (χ0n) is 21.9. The molecule has 0 N–H and O–H groups in total. The molecule has 4 aromatic carbocycles. The summed E-state index contributed by atoms with van der Waals surface area (Å²) in [6, 6.07) is 23.4. The van der Waals surface area contributed by atoms with Crippen molar-refractivity contribution in [2.75, 3.05) is 0 Å². The van der Waals surface area contributed by atoms with E-state index in [1.165, 1.54) is 60.5 Å². The van der Waals surface area contributed by atoms with E-state index in [0.29, 0.717) is 0 Å². The molecule has 0 spiro atoms. The molecular formula is C31H37BSn. The Kier molecular flexibility index (Phi) is 6.57. The molecule has 0 radical (unpaired) electrons. The Morgan fingerprint density at radius 3 is 1.42 bits per heavy atom. The number of hydrogen-bond donors (Lipinski definition) is 0. The third-order valence-corrected chi connectivity index (χ3v) is 12.9. The van der Waals surface area contributed by atoms with E-state index in [1.807, 2.05) is 0 Å². The molecule has 0 nitrogen and oxygen atoms in total. The second kappa shape index (κ2) is 8.98. The van der Waals surface area contributed by atoms with Crippen molar-refractivity contribution < 1.29 is 0 Å². The molecule has 0 aliphatic heterocycles. The normalized spacial score (nSPS) is 11.8. The zero-order valence-corrected chi connectivity index (χ0v) is 24.7. The SMILES string of the molecule is Cc1cc(C)c(B(c2c(C)cc(C)cc2C)c2cccc3ccc[c]([Sn]([CH3])([CH3])[CH3])c23)c(C)c1. The molecule has 0 aliphatic rings. The van der Waals surface area contributed by atoms with Crippen molar-refractivity contribution in [1.29, 1.82) is 0 Å². The van der Waals surface area contributed by atoms with Crippen LogP contribution in [0, 0.1) is 41.5 Å². The summed E-state index contributed by atoms with van der Waals surface area (Å²) >= 11 is -2.38. The van der Waals surface area contributed by atoms with E-state index in [1.54, 1.807) is 3.58 Å². The number of fused-ring (bicyclic) bond motifs is 1. The van der Waals surface area contributed by atoms with Crippen molar-refractivity contribution in [1.82, 2.24) is 0 Å². The van der Waals surface area contributed by atoms with Crippen LogP contribution in [-0.2, 0) is 0 Å². The molecule has 0 fully saturated rings. The molecule has 0 amide bonds. The second-order valence-corrected chi connectivity index (χ2v) is 25.4. The fourth-order valence-corrected chi connectivity index (χ4v) is 10.7. The molecule has 168 valence electrons. The molecule has 0 unspecified atom stereocenters. The molecule has 4 aromatic rings. The summed E-state index contributed by atoms with van der Waals surface area (Å²) in [7, 11) is 0. The van der Waals surface area contributed by atoms with Crippen LogP contribution in [0.3, 0.4) is 0 Å². The first-order valence-corrected chi connectivity index (χ1v) is 22.2. The van der Waals surface area contributed by atoms with Gasteiger partial charge < -0.3 is 0 Å². The van der Waals surface area contributed by atoms with Gasteiger partial charge in [0.2, 0.25) is 0 Å². The van der Waals surface area contributed by atoms with Crippen LogP contribution in [0.25, 0.3) is 10.8 Å². The molecule has 0 aromatic heterocycles. The van der Waals surface area contributed by atoms with Crippen molar-refractivity contribution >= 4 is 55.8 Å². The first kappa shape index (κ1) is 24.1. The van der Waals surface area contributed by atoms with Crippen molar-refractivity contribution in [3.05, 3.63) is 94.0 Å². The van der Waals surface area contributed by atoms with Gasteiger partial charge in [-0.25, -0.2) is 0 Å². The van der Waals surface area contributed by atoms with E-state index in [4.69, 9.17) is 0 Å². The predicted octanol–water partition coefficient (Wildman–Crippen LogP) is 5.75. The van der Waals surface area contributed by atoms with Crippen LogP contribution in [-0.4, -0.2) is 25.1 Å². The van der Waals surface area contributed by atoms with Crippen molar-refractivity contribution in [2.24, 2.45) is 0 Å². The molecule has 0 aliphatic carbocycles.